The molecule has 12 heavy (non-hydrogen) atoms. The Kier molecular flexibility index (Phi) is 6.72. The monoisotopic (exact) mass is 169 g/mol. The van der Waals surface area contributed by atoms with Crippen molar-refractivity contribution in [3.8, 4) is 0 Å². The third kappa shape index (κ3) is 5.10. The van der Waals surface area contributed by atoms with E-state index in [9.17, 15) is 5.11 Å². The topological polar surface area (TPSA) is 23.5 Å². The molecule has 0 spiro atoms. The summed E-state index contributed by atoms with van der Waals surface area (Å²) in [5, 5.41) is 9.37. The average molecular weight is 169 g/mol. The molecular formula is C10H19NO. The fraction of sp³-hybridized carbons (Fsp3) is 0.600. The zero-order valence-electron chi connectivity index (χ0n) is 7.87. The summed E-state index contributed by atoms with van der Waals surface area (Å²) >= 11 is 0. The summed E-state index contributed by atoms with van der Waals surface area (Å²) in [6.45, 7) is 11.6. The Hall–Kier alpha value is -0.600. The van der Waals surface area contributed by atoms with E-state index in [-0.39, 0.29) is 6.10 Å². The molecule has 1 atom stereocenters. The molecule has 0 radical (unpaired) electrons. The third-order valence-corrected chi connectivity index (χ3v) is 1.71. The van der Waals surface area contributed by atoms with E-state index in [1.807, 2.05) is 19.1 Å². The van der Waals surface area contributed by atoms with Gasteiger partial charge in [0.05, 0.1) is 6.10 Å². The van der Waals surface area contributed by atoms with E-state index in [2.05, 4.69) is 18.1 Å². The fourth-order valence-corrected chi connectivity index (χ4v) is 1.02. The first-order valence-electron chi connectivity index (χ1n) is 4.36. The fourth-order valence-electron chi connectivity index (χ4n) is 1.02. The SMILES string of the molecule is C=CCN(CC=C)CC(O)CC. The molecule has 0 fully saturated rings. The van der Waals surface area contributed by atoms with Gasteiger partial charge in [0, 0.05) is 19.6 Å². The standard InChI is InChI=1S/C10H19NO/c1-4-7-11(8-5-2)9-10(12)6-3/h4-5,10,12H,1-2,6-9H2,3H3. The van der Waals surface area contributed by atoms with E-state index in [0.29, 0.717) is 6.54 Å². The summed E-state index contributed by atoms with van der Waals surface area (Å²) < 4.78 is 0. The van der Waals surface area contributed by atoms with Crippen LogP contribution in [0.4, 0.5) is 0 Å². The maximum atomic E-state index is 9.37. The first-order valence-corrected chi connectivity index (χ1v) is 4.36. The van der Waals surface area contributed by atoms with Crippen LogP contribution in [0.15, 0.2) is 25.3 Å². The van der Waals surface area contributed by atoms with Crippen molar-refractivity contribution in [1.82, 2.24) is 4.90 Å². The molecule has 0 aromatic carbocycles. The van der Waals surface area contributed by atoms with Crippen LogP contribution in [0.2, 0.25) is 0 Å². The Morgan fingerprint density at radius 3 is 2.17 bits per heavy atom. The van der Waals surface area contributed by atoms with E-state index < -0.39 is 0 Å². The number of aliphatic hydroxyl groups excluding tert-OH is 1. The Balaban J connectivity index is 3.75. The van der Waals surface area contributed by atoms with Crippen LogP contribution < -0.4 is 0 Å². The predicted octanol–water partition coefficient (Wildman–Crippen LogP) is 1.43. The van der Waals surface area contributed by atoms with Gasteiger partial charge in [-0.1, -0.05) is 19.1 Å². The van der Waals surface area contributed by atoms with Crippen LogP contribution in [0, 0.1) is 0 Å². The zero-order valence-corrected chi connectivity index (χ0v) is 7.87. The lowest BCUT2D eigenvalue weighted by molar-refractivity contribution is 0.121. The molecule has 2 heteroatoms. The van der Waals surface area contributed by atoms with E-state index >= 15 is 0 Å². The highest BCUT2D eigenvalue weighted by atomic mass is 16.3. The van der Waals surface area contributed by atoms with Crippen LogP contribution in [0.1, 0.15) is 13.3 Å². The smallest absolute Gasteiger partial charge is 0.0664 e. The number of aliphatic hydroxyl groups is 1. The molecule has 0 aliphatic carbocycles. The van der Waals surface area contributed by atoms with Crippen LogP contribution in [-0.4, -0.2) is 35.7 Å². The van der Waals surface area contributed by atoms with Gasteiger partial charge in [-0.2, -0.15) is 0 Å². The number of nitrogens with zero attached hydrogens (tertiary/aromatic N) is 1. The van der Waals surface area contributed by atoms with Crippen molar-refractivity contribution in [3.05, 3.63) is 25.3 Å². The van der Waals surface area contributed by atoms with Gasteiger partial charge >= 0.3 is 0 Å². The molecule has 0 amide bonds. The third-order valence-electron chi connectivity index (χ3n) is 1.71. The van der Waals surface area contributed by atoms with Gasteiger partial charge in [0.25, 0.3) is 0 Å². The lowest BCUT2D eigenvalue weighted by Crippen LogP contribution is -2.32. The van der Waals surface area contributed by atoms with Crippen molar-refractivity contribution in [3.63, 3.8) is 0 Å². The van der Waals surface area contributed by atoms with E-state index in [4.69, 9.17) is 0 Å². The van der Waals surface area contributed by atoms with Crippen molar-refractivity contribution in [2.24, 2.45) is 0 Å². The summed E-state index contributed by atoms with van der Waals surface area (Å²) in [7, 11) is 0. The van der Waals surface area contributed by atoms with Crippen LogP contribution in [0.3, 0.4) is 0 Å². The first-order chi connectivity index (χ1) is 5.74. The average Bonchev–Trinajstić information content (AvgIpc) is 2.05. The summed E-state index contributed by atoms with van der Waals surface area (Å²) in [6, 6.07) is 0. The van der Waals surface area contributed by atoms with Crippen molar-refractivity contribution in [1.29, 1.82) is 0 Å². The summed E-state index contributed by atoms with van der Waals surface area (Å²) in [5.74, 6) is 0. The number of hydrogen-bond acceptors (Lipinski definition) is 2. The van der Waals surface area contributed by atoms with Crippen molar-refractivity contribution in [2.75, 3.05) is 19.6 Å². The molecule has 0 aliphatic heterocycles. The quantitative estimate of drug-likeness (QED) is 0.583. The Morgan fingerprint density at radius 2 is 1.83 bits per heavy atom. The minimum absolute atomic E-state index is 0.232. The maximum absolute atomic E-state index is 9.37. The molecule has 1 unspecified atom stereocenters. The van der Waals surface area contributed by atoms with E-state index in [0.717, 1.165) is 19.5 Å². The predicted molar refractivity (Wildman–Crippen MR) is 53.1 cm³/mol. The van der Waals surface area contributed by atoms with Crippen molar-refractivity contribution in [2.45, 2.75) is 19.4 Å². The van der Waals surface area contributed by atoms with E-state index in [1.165, 1.54) is 0 Å². The maximum Gasteiger partial charge on any atom is 0.0664 e. The highest BCUT2D eigenvalue weighted by Gasteiger charge is 2.06. The minimum Gasteiger partial charge on any atom is -0.392 e. The van der Waals surface area contributed by atoms with Gasteiger partial charge < -0.3 is 5.11 Å². The molecule has 0 heterocycles. The summed E-state index contributed by atoms with van der Waals surface area (Å²) in [6.07, 6.45) is 4.24. The normalized spacial score (nSPS) is 12.9. The van der Waals surface area contributed by atoms with Gasteiger partial charge in [0.2, 0.25) is 0 Å². The van der Waals surface area contributed by atoms with Gasteiger partial charge in [0.1, 0.15) is 0 Å². The second-order valence-corrected chi connectivity index (χ2v) is 2.86. The molecule has 1 N–H and O–H groups in total. The summed E-state index contributed by atoms with van der Waals surface area (Å²) in [5.41, 5.74) is 0. The highest BCUT2D eigenvalue weighted by molar-refractivity contribution is 4.80. The van der Waals surface area contributed by atoms with Gasteiger partial charge in [-0.3, -0.25) is 4.90 Å². The van der Waals surface area contributed by atoms with Crippen LogP contribution in [0.25, 0.3) is 0 Å². The Morgan fingerprint density at radius 1 is 1.33 bits per heavy atom. The molecule has 2 nitrogen and oxygen atoms in total. The molecule has 70 valence electrons. The molecule has 0 rings (SSSR count). The van der Waals surface area contributed by atoms with Gasteiger partial charge in [-0.25, -0.2) is 0 Å². The Labute approximate surface area is 75.2 Å². The van der Waals surface area contributed by atoms with E-state index in [1.54, 1.807) is 0 Å². The molecule has 0 saturated heterocycles. The summed E-state index contributed by atoms with van der Waals surface area (Å²) in [4.78, 5) is 2.11. The number of rotatable bonds is 7. The van der Waals surface area contributed by atoms with Crippen LogP contribution in [-0.2, 0) is 0 Å². The van der Waals surface area contributed by atoms with Gasteiger partial charge in [0.15, 0.2) is 0 Å². The zero-order chi connectivity index (χ0) is 9.40. The molecule has 0 bridgehead atoms. The molecule has 0 saturated carbocycles. The molecule has 0 aromatic rings. The largest absolute Gasteiger partial charge is 0.392 e. The second kappa shape index (κ2) is 7.07. The molecular weight excluding hydrogens is 150 g/mol. The highest BCUT2D eigenvalue weighted by Crippen LogP contribution is 1.96. The van der Waals surface area contributed by atoms with Gasteiger partial charge in [-0.15, -0.1) is 13.2 Å². The lowest BCUT2D eigenvalue weighted by atomic mass is 10.2. The number of hydrogen-bond donors (Lipinski definition) is 1. The van der Waals surface area contributed by atoms with Crippen molar-refractivity contribution < 1.29 is 5.11 Å². The first kappa shape index (κ1) is 11.4. The molecule has 0 aromatic heterocycles. The van der Waals surface area contributed by atoms with Crippen LogP contribution in [0.5, 0.6) is 0 Å². The minimum atomic E-state index is -0.232. The Bertz CT molecular complexity index is 124. The lowest BCUT2D eigenvalue weighted by Gasteiger charge is -2.21. The van der Waals surface area contributed by atoms with Gasteiger partial charge in [-0.05, 0) is 6.42 Å². The van der Waals surface area contributed by atoms with Crippen molar-refractivity contribution >= 4 is 0 Å². The second-order valence-electron chi connectivity index (χ2n) is 2.86. The van der Waals surface area contributed by atoms with Crippen LogP contribution >= 0.6 is 0 Å². The molecule has 0 aliphatic rings.